The summed E-state index contributed by atoms with van der Waals surface area (Å²) in [5.41, 5.74) is 0.0374. The zero-order chi connectivity index (χ0) is 24.3. The molecule has 1 fully saturated rings. The molecule has 1 aromatic carbocycles. The molecule has 33 heavy (non-hydrogen) atoms. The molecule has 3 rings (SSSR count). The van der Waals surface area contributed by atoms with Gasteiger partial charge in [-0.2, -0.15) is 5.10 Å². The van der Waals surface area contributed by atoms with Crippen LogP contribution in [0.4, 0.5) is 13.2 Å². The van der Waals surface area contributed by atoms with E-state index >= 15 is 0 Å². The van der Waals surface area contributed by atoms with Crippen LogP contribution in [0.1, 0.15) is 69.5 Å². The third-order valence-electron chi connectivity index (χ3n) is 4.68. The number of halogens is 4. The number of alkyl halides is 3. The van der Waals surface area contributed by atoms with Crippen molar-refractivity contribution >= 4 is 29.3 Å². The van der Waals surface area contributed by atoms with Gasteiger partial charge < -0.3 is 14.2 Å². The number of hydrogen-bond acceptors (Lipinski definition) is 7. The molecule has 1 aliphatic carbocycles. The zero-order valence-electron chi connectivity index (χ0n) is 17.7. The van der Waals surface area contributed by atoms with Crippen molar-refractivity contribution in [2.45, 2.75) is 45.5 Å². The molecule has 0 aliphatic heterocycles. The maximum atomic E-state index is 12.9. The van der Waals surface area contributed by atoms with Gasteiger partial charge in [0.25, 0.3) is 0 Å². The number of Topliss-reactive ketones (excluding diaryl/α,β-unsaturated/α-hetero) is 1. The fourth-order valence-electron chi connectivity index (χ4n) is 3.22. The minimum absolute atomic E-state index is 0.0477. The van der Waals surface area contributed by atoms with Gasteiger partial charge in [0.1, 0.15) is 12.3 Å². The van der Waals surface area contributed by atoms with Gasteiger partial charge in [-0.3, -0.25) is 4.79 Å². The monoisotopic (exact) mass is 488 g/mol. The van der Waals surface area contributed by atoms with E-state index in [4.69, 9.17) is 21.1 Å². The number of esters is 2. The Balaban J connectivity index is 1.99. The van der Waals surface area contributed by atoms with E-state index in [2.05, 4.69) is 9.84 Å². The van der Waals surface area contributed by atoms with Crippen LogP contribution in [0, 0.1) is 0 Å². The lowest BCUT2D eigenvalue weighted by Gasteiger charge is -2.12. The minimum Gasteiger partial charge on any atom is -0.461 e. The number of carbonyl (C=O) groups is 3. The second kappa shape index (κ2) is 9.82. The molecule has 0 bridgehead atoms. The summed E-state index contributed by atoms with van der Waals surface area (Å²) >= 11 is 5.73. The van der Waals surface area contributed by atoms with Crippen LogP contribution in [0.3, 0.4) is 0 Å². The van der Waals surface area contributed by atoms with E-state index in [1.165, 1.54) is 6.07 Å². The molecule has 0 unspecified atom stereocenters. The molecule has 0 saturated heterocycles. The van der Waals surface area contributed by atoms with Crippen LogP contribution in [0.15, 0.2) is 18.2 Å². The SMILES string of the molecule is CCOC(=O)c1nn(CC(=O)c2ccc(Cl)c(OC(F)(F)F)c2)c(C(=O)OCC)c1C1CC1. The summed E-state index contributed by atoms with van der Waals surface area (Å²) < 4.78 is 52.8. The van der Waals surface area contributed by atoms with Gasteiger partial charge >= 0.3 is 18.3 Å². The first kappa shape index (κ1) is 24.6. The lowest BCUT2D eigenvalue weighted by atomic mass is 10.1. The molecule has 0 amide bonds. The number of nitrogens with zero attached hydrogens (tertiary/aromatic N) is 2. The smallest absolute Gasteiger partial charge is 0.461 e. The van der Waals surface area contributed by atoms with Gasteiger partial charge in [0.2, 0.25) is 0 Å². The Morgan fingerprint density at radius 1 is 1.12 bits per heavy atom. The van der Waals surface area contributed by atoms with Crippen molar-refractivity contribution in [2.24, 2.45) is 0 Å². The van der Waals surface area contributed by atoms with Crippen molar-refractivity contribution in [3.63, 3.8) is 0 Å². The Hall–Kier alpha value is -3.08. The van der Waals surface area contributed by atoms with Crippen LogP contribution in [-0.2, 0) is 16.0 Å². The predicted octanol–water partition coefficient (Wildman–Crippen LogP) is 4.55. The normalized spacial score (nSPS) is 13.5. The molecule has 12 heteroatoms. The average Bonchev–Trinajstić information content (AvgIpc) is 3.49. The van der Waals surface area contributed by atoms with Crippen molar-refractivity contribution in [3.05, 3.63) is 45.7 Å². The fraction of sp³-hybridized carbons (Fsp3) is 0.429. The van der Waals surface area contributed by atoms with E-state index in [-0.39, 0.29) is 41.1 Å². The molecule has 1 heterocycles. The number of ether oxygens (including phenoxy) is 3. The summed E-state index contributed by atoms with van der Waals surface area (Å²) in [6.45, 7) is 2.80. The van der Waals surface area contributed by atoms with Crippen LogP contribution < -0.4 is 4.74 Å². The van der Waals surface area contributed by atoms with Crippen LogP contribution in [0.25, 0.3) is 0 Å². The highest BCUT2D eigenvalue weighted by Crippen LogP contribution is 2.44. The lowest BCUT2D eigenvalue weighted by molar-refractivity contribution is -0.274. The van der Waals surface area contributed by atoms with Crippen molar-refractivity contribution in [1.29, 1.82) is 0 Å². The van der Waals surface area contributed by atoms with E-state index in [1.54, 1.807) is 13.8 Å². The van der Waals surface area contributed by atoms with Gasteiger partial charge in [0, 0.05) is 11.1 Å². The van der Waals surface area contributed by atoms with E-state index in [0.717, 1.165) is 16.8 Å². The molecule has 1 aliphatic rings. The largest absolute Gasteiger partial charge is 0.573 e. The number of benzene rings is 1. The van der Waals surface area contributed by atoms with Gasteiger partial charge in [-0.05, 0) is 50.8 Å². The second-order valence-corrected chi connectivity index (χ2v) is 7.51. The predicted molar refractivity (Wildman–Crippen MR) is 109 cm³/mol. The Bertz CT molecular complexity index is 1080. The summed E-state index contributed by atoms with van der Waals surface area (Å²) in [5, 5.41) is 3.80. The van der Waals surface area contributed by atoms with Gasteiger partial charge in [-0.15, -0.1) is 13.2 Å². The molecular formula is C21H20ClF3N2O6. The first-order valence-corrected chi connectivity index (χ1v) is 10.5. The zero-order valence-corrected chi connectivity index (χ0v) is 18.5. The van der Waals surface area contributed by atoms with Crippen LogP contribution >= 0.6 is 11.6 Å². The molecule has 8 nitrogen and oxygen atoms in total. The summed E-state index contributed by atoms with van der Waals surface area (Å²) in [6, 6.07) is 3.15. The van der Waals surface area contributed by atoms with E-state index < -0.39 is 36.4 Å². The van der Waals surface area contributed by atoms with Gasteiger partial charge in [0.15, 0.2) is 17.2 Å². The Kier molecular flexibility index (Phi) is 7.31. The van der Waals surface area contributed by atoms with E-state index in [0.29, 0.717) is 18.4 Å². The Morgan fingerprint density at radius 3 is 2.33 bits per heavy atom. The molecule has 0 radical (unpaired) electrons. The van der Waals surface area contributed by atoms with Crippen molar-refractivity contribution < 1.29 is 41.8 Å². The number of carbonyl (C=O) groups excluding carboxylic acids is 3. The highest BCUT2D eigenvalue weighted by molar-refractivity contribution is 6.32. The molecule has 0 N–H and O–H groups in total. The van der Waals surface area contributed by atoms with Gasteiger partial charge in [-0.25, -0.2) is 14.3 Å². The van der Waals surface area contributed by atoms with Crippen molar-refractivity contribution in [1.82, 2.24) is 9.78 Å². The maximum absolute atomic E-state index is 12.9. The molecule has 1 aromatic heterocycles. The number of hydrogen-bond donors (Lipinski definition) is 0. The number of aromatic nitrogens is 2. The molecular weight excluding hydrogens is 469 g/mol. The maximum Gasteiger partial charge on any atom is 0.573 e. The molecule has 2 aromatic rings. The third-order valence-corrected chi connectivity index (χ3v) is 5.00. The molecule has 0 spiro atoms. The quantitative estimate of drug-likeness (QED) is 0.377. The summed E-state index contributed by atoms with van der Waals surface area (Å²) in [6.07, 6.45) is -3.57. The van der Waals surface area contributed by atoms with Crippen molar-refractivity contribution in [2.75, 3.05) is 13.2 Å². The number of ketones is 1. The van der Waals surface area contributed by atoms with Crippen LogP contribution in [0.2, 0.25) is 5.02 Å². The summed E-state index contributed by atoms with van der Waals surface area (Å²) in [7, 11) is 0. The summed E-state index contributed by atoms with van der Waals surface area (Å²) in [5.74, 6) is -3.07. The van der Waals surface area contributed by atoms with E-state index in [9.17, 15) is 27.6 Å². The first-order chi connectivity index (χ1) is 15.6. The van der Waals surface area contributed by atoms with Crippen LogP contribution in [-0.4, -0.2) is 47.1 Å². The van der Waals surface area contributed by atoms with Gasteiger partial charge in [0.05, 0.1) is 18.2 Å². The highest BCUT2D eigenvalue weighted by atomic mass is 35.5. The fourth-order valence-corrected chi connectivity index (χ4v) is 3.38. The van der Waals surface area contributed by atoms with Crippen LogP contribution in [0.5, 0.6) is 5.75 Å². The Morgan fingerprint density at radius 2 is 1.76 bits per heavy atom. The van der Waals surface area contributed by atoms with E-state index in [1.807, 2.05) is 0 Å². The van der Waals surface area contributed by atoms with Crippen molar-refractivity contribution in [3.8, 4) is 5.75 Å². The molecule has 178 valence electrons. The Labute approximate surface area is 191 Å². The average molecular weight is 489 g/mol. The minimum atomic E-state index is -5.00. The molecule has 1 saturated carbocycles. The lowest BCUT2D eigenvalue weighted by Crippen LogP contribution is -2.20. The first-order valence-electron chi connectivity index (χ1n) is 10.1. The highest BCUT2D eigenvalue weighted by Gasteiger charge is 2.39. The molecule has 0 atom stereocenters. The second-order valence-electron chi connectivity index (χ2n) is 7.10. The number of rotatable bonds is 9. The summed E-state index contributed by atoms with van der Waals surface area (Å²) in [4.78, 5) is 38.0. The van der Waals surface area contributed by atoms with Gasteiger partial charge in [-0.1, -0.05) is 11.6 Å². The third kappa shape index (κ3) is 5.84. The topological polar surface area (TPSA) is 96.7 Å². The standard InChI is InChI=1S/C21H20ClF3N2O6/c1-3-31-19(29)17-16(11-5-6-11)18(20(30)32-4-2)27(26-17)10-14(28)12-7-8-13(22)15(9-12)33-21(23,24)25/h7-9,11H,3-6,10H2,1-2H3.